The van der Waals surface area contributed by atoms with Gasteiger partial charge in [0.2, 0.25) is 0 Å². The number of aromatic amines is 1. The molecule has 21 heavy (non-hydrogen) atoms. The zero-order valence-electron chi connectivity index (χ0n) is 12.9. The minimum atomic E-state index is -0.287. The van der Waals surface area contributed by atoms with Gasteiger partial charge in [0.05, 0.1) is 5.39 Å². The number of nitrogens with zero attached hydrogens (tertiary/aromatic N) is 1. The second-order valence-electron chi connectivity index (χ2n) is 6.27. The number of carbonyl (C=O) groups excluding carboxylic acids is 1. The number of aromatic nitrogens is 2. The summed E-state index contributed by atoms with van der Waals surface area (Å²) in [6, 6.07) is 6.98. The Bertz CT molecular complexity index is 717. The number of amides is 1. The third-order valence-corrected chi connectivity index (χ3v) is 4.18. The van der Waals surface area contributed by atoms with Gasteiger partial charge in [-0.1, -0.05) is 45.9 Å². The van der Waals surface area contributed by atoms with Crippen LogP contribution in [-0.4, -0.2) is 22.6 Å². The molecule has 0 fully saturated rings. The van der Waals surface area contributed by atoms with Gasteiger partial charge in [-0.15, -0.1) is 0 Å². The van der Waals surface area contributed by atoms with Gasteiger partial charge in [-0.2, -0.15) is 5.10 Å². The van der Waals surface area contributed by atoms with Gasteiger partial charge >= 0.3 is 0 Å². The first-order chi connectivity index (χ1) is 9.83. The number of fused-ring (bicyclic) bond motifs is 1. The molecule has 2 N–H and O–H groups in total. The molecule has 0 saturated carbocycles. The van der Waals surface area contributed by atoms with Crippen LogP contribution in [0, 0.1) is 11.3 Å². The number of hydrogen-bond acceptors (Lipinski definition) is 3. The van der Waals surface area contributed by atoms with Crippen molar-refractivity contribution in [1.82, 2.24) is 15.5 Å². The highest BCUT2D eigenvalue weighted by Crippen LogP contribution is 2.24. The molecular weight excluding hydrogens is 266 g/mol. The molecule has 1 amide bonds. The van der Waals surface area contributed by atoms with E-state index in [2.05, 4.69) is 43.2 Å². The summed E-state index contributed by atoms with van der Waals surface area (Å²) in [7, 11) is 0. The summed E-state index contributed by atoms with van der Waals surface area (Å²) in [5, 5.41) is 10.2. The molecule has 5 nitrogen and oxygen atoms in total. The summed E-state index contributed by atoms with van der Waals surface area (Å²) in [6.45, 7) is 9.02. The average Bonchev–Trinajstić information content (AvgIpc) is 2.45. The zero-order chi connectivity index (χ0) is 15.6. The maximum absolute atomic E-state index is 12.3. The van der Waals surface area contributed by atoms with Crippen molar-refractivity contribution in [3.8, 4) is 0 Å². The van der Waals surface area contributed by atoms with Crippen LogP contribution in [0.1, 0.15) is 38.2 Å². The van der Waals surface area contributed by atoms with E-state index in [9.17, 15) is 9.59 Å². The lowest BCUT2D eigenvalue weighted by Crippen LogP contribution is -2.37. The van der Waals surface area contributed by atoms with Crippen molar-refractivity contribution in [2.75, 3.05) is 6.54 Å². The van der Waals surface area contributed by atoms with Crippen molar-refractivity contribution < 1.29 is 4.79 Å². The molecule has 0 bridgehead atoms. The van der Waals surface area contributed by atoms with Gasteiger partial charge in [0.1, 0.15) is 0 Å². The molecule has 2 rings (SSSR count). The van der Waals surface area contributed by atoms with Crippen LogP contribution in [-0.2, 0) is 0 Å². The first kappa shape index (κ1) is 15.2. The van der Waals surface area contributed by atoms with Crippen LogP contribution in [0.2, 0.25) is 0 Å². The third kappa shape index (κ3) is 3.12. The van der Waals surface area contributed by atoms with Crippen molar-refractivity contribution in [3.05, 3.63) is 40.3 Å². The minimum absolute atomic E-state index is 0.00630. The average molecular weight is 287 g/mol. The highest BCUT2D eigenvalue weighted by atomic mass is 16.2. The fraction of sp³-hybridized carbons (Fsp3) is 0.438. The van der Waals surface area contributed by atoms with Crippen molar-refractivity contribution in [2.45, 2.75) is 27.7 Å². The minimum Gasteiger partial charge on any atom is -0.350 e. The molecule has 0 atom stereocenters. The second-order valence-corrected chi connectivity index (χ2v) is 6.27. The number of rotatable bonds is 4. The highest BCUT2D eigenvalue weighted by molar-refractivity contribution is 6.04. The van der Waals surface area contributed by atoms with Gasteiger partial charge in [0.15, 0.2) is 5.69 Å². The van der Waals surface area contributed by atoms with Gasteiger partial charge in [0.25, 0.3) is 11.5 Å². The third-order valence-electron chi connectivity index (χ3n) is 4.18. The van der Waals surface area contributed by atoms with Crippen molar-refractivity contribution in [1.29, 1.82) is 0 Å². The summed E-state index contributed by atoms with van der Waals surface area (Å²) in [6.07, 6.45) is 0. The molecule has 2 aromatic rings. The predicted molar refractivity (Wildman–Crippen MR) is 83.3 cm³/mol. The topological polar surface area (TPSA) is 74.8 Å². The van der Waals surface area contributed by atoms with E-state index in [0.717, 1.165) is 0 Å². The van der Waals surface area contributed by atoms with E-state index in [4.69, 9.17) is 0 Å². The Balaban J connectivity index is 2.29. The van der Waals surface area contributed by atoms with Crippen LogP contribution in [0.3, 0.4) is 0 Å². The van der Waals surface area contributed by atoms with E-state index in [1.165, 1.54) is 0 Å². The Kier molecular flexibility index (Phi) is 4.11. The molecule has 112 valence electrons. The standard InChI is InChI=1S/C16H21N3O2/c1-10(2)16(3,4)9-17-15(21)13-11-7-5-6-8-12(11)14(20)19-18-13/h5-8,10H,9H2,1-4H3,(H,17,21)(H,19,20). The number of H-pyrrole nitrogens is 1. The summed E-state index contributed by atoms with van der Waals surface area (Å²) in [5.74, 6) is 0.175. The lowest BCUT2D eigenvalue weighted by Gasteiger charge is -2.29. The molecule has 0 spiro atoms. The van der Waals surface area contributed by atoms with E-state index in [1.807, 2.05) is 0 Å². The van der Waals surface area contributed by atoms with Gasteiger partial charge in [-0.3, -0.25) is 9.59 Å². The molecule has 0 aliphatic carbocycles. The lowest BCUT2D eigenvalue weighted by molar-refractivity contribution is 0.0920. The molecule has 1 aromatic carbocycles. The summed E-state index contributed by atoms with van der Waals surface area (Å²) in [5.41, 5.74) is -0.0392. The Labute approximate surface area is 123 Å². The normalized spacial score (nSPS) is 11.9. The molecule has 0 aliphatic rings. The smallest absolute Gasteiger partial charge is 0.272 e. The Morgan fingerprint density at radius 3 is 2.52 bits per heavy atom. The fourth-order valence-electron chi connectivity index (χ4n) is 1.88. The van der Waals surface area contributed by atoms with Crippen LogP contribution in [0.4, 0.5) is 0 Å². The largest absolute Gasteiger partial charge is 0.350 e. The van der Waals surface area contributed by atoms with Crippen molar-refractivity contribution >= 4 is 16.7 Å². The maximum atomic E-state index is 12.3. The number of nitrogens with one attached hydrogen (secondary N) is 2. The van der Waals surface area contributed by atoms with Crippen molar-refractivity contribution in [2.24, 2.45) is 11.3 Å². The number of carbonyl (C=O) groups is 1. The van der Waals surface area contributed by atoms with Crippen LogP contribution in [0.25, 0.3) is 10.8 Å². The van der Waals surface area contributed by atoms with Crippen LogP contribution in [0.15, 0.2) is 29.1 Å². The van der Waals surface area contributed by atoms with Crippen LogP contribution < -0.4 is 10.9 Å². The van der Waals surface area contributed by atoms with Gasteiger partial charge in [-0.05, 0) is 17.4 Å². The molecular formula is C16H21N3O2. The van der Waals surface area contributed by atoms with E-state index in [1.54, 1.807) is 24.3 Å². The molecule has 5 heteroatoms. The monoisotopic (exact) mass is 287 g/mol. The fourth-order valence-corrected chi connectivity index (χ4v) is 1.88. The SMILES string of the molecule is CC(C)C(C)(C)CNC(=O)c1n[nH]c(=O)c2ccccc12. The maximum Gasteiger partial charge on any atom is 0.272 e. The molecule has 1 aromatic heterocycles. The van der Waals surface area contributed by atoms with Gasteiger partial charge < -0.3 is 5.32 Å². The van der Waals surface area contributed by atoms with Gasteiger partial charge in [-0.25, -0.2) is 5.10 Å². The molecule has 0 radical (unpaired) electrons. The molecule has 0 saturated heterocycles. The highest BCUT2D eigenvalue weighted by Gasteiger charge is 2.24. The summed E-state index contributed by atoms with van der Waals surface area (Å²) < 4.78 is 0. The van der Waals surface area contributed by atoms with E-state index < -0.39 is 0 Å². The Morgan fingerprint density at radius 2 is 1.90 bits per heavy atom. The summed E-state index contributed by atoms with van der Waals surface area (Å²) in [4.78, 5) is 24.1. The number of hydrogen-bond donors (Lipinski definition) is 2. The quantitative estimate of drug-likeness (QED) is 0.906. The molecule has 0 unspecified atom stereocenters. The predicted octanol–water partition coefficient (Wildman–Crippen LogP) is 2.34. The van der Waals surface area contributed by atoms with Crippen molar-refractivity contribution in [3.63, 3.8) is 0 Å². The van der Waals surface area contributed by atoms with Crippen LogP contribution in [0.5, 0.6) is 0 Å². The first-order valence-corrected chi connectivity index (χ1v) is 7.08. The van der Waals surface area contributed by atoms with E-state index >= 15 is 0 Å². The number of benzene rings is 1. The van der Waals surface area contributed by atoms with E-state index in [-0.39, 0.29) is 22.6 Å². The Hall–Kier alpha value is -2.17. The Morgan fingerprint density at radius 1 is 1.29 bits per heavy atom. The second kappa shape index (κ2) is 5.68. The first-order valence-electron chi connectivity index (χ1n) is 7.08. The van der Waals surface area contributed by atoms with E-state index in [0.29, 0.717) is 23.2 Å². The zero-order valence-corrected chi connectivity index (χ0v) is 12.9. The van der Waals surface area contributed by atoms with Gasteiger partial charge in [0, 0.05) is 11.9 Å². The summed E-state index contributed by atoms with van der Waals surface area (Å²) >= 11 is 0. The lowest BCUT2D eigenvalue weighted by atomic mass is 9.81. The molecule has 0 aliphatic heterocycles. The van der Waals surface area contributed by atoms with Crippen LogP contribution >= 0.6 is 0 Å². The molecule has 1 heterocycles.